The molecule has 2 amide bonds. The smallest absolute Gasteiger partial charge is 0.271 e. The summed E-state index contributed by atoms with van der Waals surface area (Å²) in [5.74, 6) is -0.305. The minimum Gasteiger partial charge on any atom is -0.320 e. The number of nitrogens with one attached hydrogen (secondary N) is 1. The fourth-order valence-electron chi connectivity index (χ4n) is 2.03. The molecule has 100 valence electrons. The van der Waals surface area contributed by atoms with E-state index >= 15 is 0 Å². The lowest BCUT2D eigenvalue weighted by molar-refractivity contribution is -0.130. The van der Waals surface area contributed by atoms with E-state index in [2.05, 4.69) is 10.4 Å². The summed E-state index contributed by atoms with van der Waals surface area (Å²) >= 11 is 0. The van der Waals surface area contributed by atoms with Gasteiger partial charge in [-0.15, -0.1) is 0 Å². The second-order valence-corrected chi connectivity index (χ2v) is 4.68. The van der Waals surface area contributed by atoms with Crippen LogP contribution in [0.4, 0.5) is 5.69 Å². The summed E-state index contributed by atoms with van der Waals surface area (Å²) in [5.41, 5.74) is 3.22. The second kappa shape index (κ2) is 5.22. The summed E-state index contributed by atoms with van der Waals surface area (Å²) in [6.45, 7) is 3.89. The lowest BCUT2D eigenvalue weighted by Crippen LogP contribution is -2.34. The largest absolute Gasteiger partial charge is 0.320 e. The molecule has 0 fully saturated rings. The van der Waals surface area contributed by atoms with E-state index in [1.165, 1.54) is 5.01 Å². The van der Waals surface area contributed by atoms with Gasteiger partial charge in [-0.3, -0.25) is 9.59 Å². The Morgan fingerprint density at radius 3 is 2.47 bits per heavy atom. The van der Waals surface area contributed by atoms with Gasteiger partial charge in [0.15, 0.2) is 0 Å². The van der Waals surface area contributed by atoms with Gasteiger partial charge in [-0.1, -0.05) is 18.2 Å². The Bertz CT molecular complexity index is 544. The molecular formula is C14H17N3O2. The van der Waals surface area contributed by atoms with Crippen LogP contribution in [0, 0.1) is 13.8 Å². The van der Waals surface area contributed by atoms with Crippen molar-refractivity contribution in [2.75, 3.05) is 12.4 Å². The summed E-state index contributed by atoms with van der Waals surface area (Å²) in [4.78, 5) is 23.5. The number of hydrogen-bond donors (Lipinski definition) is 1. The summed E-state index contributed by atoms with van der Waals surface area (Å²) in [7, 11) is 1.56. The minimum atomic E-state index is -0.239. The van der Waals surface area contributed by atoms with Gasteiger partial charge in [-0.25, -0.2) is 5.01 Å². The number of aryl methyl sites for hydroxylation is 2. The second-order valence-electron chi connectivity index (χ2n) is 4.68. The first kappa shape index (κ1) is 13.3. The number of anilines is 1. The van der Waals surface area contributed by atoms with Gasteiger partial charge in [0.25, 0.3) is 5.91 Å². The van der Waals surface area contributed by atoms with Gasteiger partial charge in [0, 0.05) is 25.6 Å². The van der Waals surface area contributed by atoms with Crippen molar-refractivity contribution < 1.29 is 9.59 Å². The van der Waals surface area contributed by atoms with Crippen LogP contribution < -0.4 is 5.32 Å². The number of rotatable bonds is 2. The fourth-order valence-corrected chi connectivity index (χ4v) is 2.03. The molecule has 2 rings (SSSR count). The molecule has 19 heavy (non-hydrogen) atoms. The van der Waals surface area contributed by atoms with Crippen LogP contribution in [0.2, 0.25) is 0 Å². The average Bonchev–Trinajstić information content (AvgIpc) is 2.37. The molecule has 0 bridgehead atoms. The third-order valence-corrected chi connectivity index (χ3v) is 3.19. The molecule has 0 saturated heterocycles. The number of hydrazone groups is 1. The molecule has 0 atom stereocenters. The zero-order valence-electron chi connectivity index (χ0n) is 11.4. The van der Waals surface area contributed by atoms with Crippen molar-refractivity contribution >= 4 is 23.2 Å². The Morgan fingerprint density at radius 2 is 1.89 bits per heavy atom. The van der Waals surface area contributed by atoms with E-state index in [1.54, 1.807) is 7.05 Å². The van der Waals surface area contributed by atoms with Gasteiger partial charge in [-0.2, -0.15) is 5.10 Å². The highest BCUT2D eigenvalue weighted by atomic mass is 16.2. The molecule has 1 aromatic carbocycles. The molecule has 0 radical (unpaired) electrons. The number of nitrogens with zero attached hydrogens (tertiary/aromatic N) is 2. The SMILES string of the molecule is Cc1cccc(C)c1NC(=O)C1=NN(C)C(=O)CC1. The molecule has 1 aromatic rings. The highest BCUT2D eigenvalue weighted by molar-refractivity contribution is 6.43. The van der Waals surface area contributed by atoms with Crippen molar-refractivity contribution in [3.8, 4) is 0 Å². The van der Waals surface area contributed by atoms with E-state index in [1.807, 2.05) is 32.0 Å². The van der Waals surface area contributed by atoms with E-state index in [-0.39, 0.29) is 11.8 Å². The first-order valence-electron chi connectivity index (χ1n) is 6.20. The van der Waals surface area contributed by atoms with Crippen LogP contribution in [0.15, 0.2) is 23.3 Å². The molecule has 1 aliphatic rings. The molecule has 0 saturated carbocycles. The zero-order valence-corrected chi connectivity index (χ0v) is 11.4. The molecule has 1 aliphatic heterocycles. The van der Waals surface area contributed by atoms with Crippen LogP contribution in [0.25, 0.3) is 0 Å². The Kier molecular flexibility index (Phi) is 3.64. The summed E-state index contributed by atoms with van der Waals surface area (Å²) in [6.07, 6.45) is 0.718. The molecule has 5 nitrogen and oxygen atoms in total. The number of para-hydroxylation sites is 1. The standard InChI is InChI=1S/C14H17N3O2/c1-9-5-4-6-10(2)13(9)15-14(19)11-7-8-12(18)17(3)16-11/h4-6H,7-8H2,1-3H3,(H,15,19). The van der Waals surface area contributed by atoms with Crippen LogP contribution >= 0.6 is 0 Å². The van der Waals surface area contributed by atoms with Crippen LogP contribution in [0.1, 0.15) is 24.0 Å². The lowest BCUT2D eigenvalue weighted by Gasteiger charge is -2.19. The number of hydrogen-bond acceptors (Lipinski definition) is 3. The van der Waals surface area contributed by atoms with Crippen LogP contribution in [-0.2, 0) is 9.59 Å². The van der Waals surface area contributed by atoms with Crippen molar-refractivity contribution in [2.45, 2.75) is 26.7 Å². The summed E-state index contributed by atoms with van der Waals surface area (Å²) in [6, 6.07) is 5.84. The Labute approximate surface area is 112 Å². The number of carbonyl (C=O) groups excluding carboxylic acids is 2. The van der Waals surface area contributed by atoms with Crippen LogP contribution in [-0.4, -0.2) is 29.6 Å². The third-order valence-electron chi connectivity index (χ3n) is 3.19. The minimum absolute atomic E-state index is 0.0661. The normalized spacial score (nSPS) is 15.2. The maximum Gasteiger partial charge on any atom is 0.271 e. The zero-order chi connectivity index (χ0) is 14.0. The summed E-state index contributed by atoms with van der Waals surface area (Å²) in [5, 5.41) is 8.11. The predicted octanol–water partition coefficient (Wildman–Crippen LogP) is 1.85. The van der Waals surface area contributed by atoms with E-state index in [0.717, 1.165) is 16.8 Å². The molecule has 1 N–H and O–H groups in total. The van der Waals surface area contributed by atoms with Crippen molar-refractivity contribution in [3.05, 3.63) is 29.3 Å². The number of carbonyl (C=O) groups is 2. The van der Waals surface area contributed by atoms with Gasteiger partial charge < -0.3 is 5.32 Å². The van der Waals surface area contributed by atoms with Gasteiger partial charge in [-0.05, 0) is 25.0 Å². The van der Waals surface area contributed by atoms with Crippen molar-refractivity contribution in [3.63, 3.8) is 0 Å². The Morgan fingerprint density at radius 1 is 1.26 bits per heavy atom. The van der Waals surface area contributed by atoms with Gasteiger partial charge in [0.2, 0.25) is 5.91 Å². The Balaban J connectivity index is 2.18. The average molecular weight is 259 g/mol. The van der Waals surface area contributed by atoms with Gasteiger partial charge in [0.05, 0.1) is 0 Å². The van der Waals surface area contributed by atoms with Gasteiger partial charge >= 0.3 is 0 Å². The first-order valence-corrected chi connectivity index (χ1v) is 6.20. The van der Waals surface area contributed by atoms with Crippen molar-refractivity contribution in [1.29, 1.82) is 0 Å². The van der Waals surface area contributed by atoms with E-state index in [0.29, 0.717) is 18.6 Å². The molecular weight excluding hydrogens is 242 g/mol. The van der Waals surface area contributed by atoms with Crippen molar-refractivity contribution in [2.24, 2.45) is 5.10 Å². The summed E-state index contributed by atoms with van der Waals surface area (Å²) < 4.78 is 0. The molecule has 0 aromatic heterocycles. The monoisotopic (exact) mass is 259 g/mol. The molecule has 5 heteroatoms. The lowest BCUT2D eigenvalue weighted by atomic mass is 10.1. The fraction of sp³-hybridized carbons (Fsp3) is 0.357. The van der Waals surface area contributed by atoms with Crippen LogP contribution in [0.5, 0.6) is 0 Å². The van der Waals surface area contributed by atoms with E-state index < -0.39 is 0 Å². The quantitative estimate of drug-likeness (QED) is 0.881. The molecule has 0 aliphatic carbocycles. The number of benzene rings is 1. The third kappa shape index (κ3) is 2.81. The Hall–Kier alpha value is -2.17. The van der Waals surface area contributed by atoms with Crippen molar-refractivity contribution in [1.82, 2.24) is 5.01 Å². The number of amides is 2. The molecule has 0 unspecified atom stereocenters. The first-order chi connectivity index (χ1) is 8.99. The highest BCUT2D eigenvalue weighted by Gasteiger charge is 2.22. The predicted molar refractivity (Wildman–Crippen MR) is 74.0 cm³/mol. The van der Waals surface area contributed by atoms with Gasteiger partial charge in [0.1, 0.15) is 5.71 Å². The van der Waals surface area contributed by atoms with Crippen LogP contribution in [0.3, 0.4) is 0 Å². The molecule has 1 heterocycles. The maximum atomic E-state index is 12.1. The maximum absolute atomic E-state index is 12.1. The van der Waals surface area contributed by atoms with E-state index in [4.69, 9.17) is 0 Å². The van der Waals surface area contributed by atoms with E-state index in [9.17, 15) is 9.59 Å². The molecule has 0 spiro atoms. The highest BCUT2D eigenvalue weighted by Crippen LogP contribution is 2.20. The topological polar surface area (TPSA) is 61.8 Å².